The Kier molecular flexibility index (Phi) is 3.17. The molecule has 0 saturated carbocycles. The molecule has 84 valence electrons. The summed E-state index contributed by atoms with van der Waals surface area (Å²) in [5, 5.41) is 2.96. The maximum atomic E-state index is 12.0. The van der Waals surface area contributed by atoms with E-state index in [1.807, 2.05) is 56.3 Å². The number of aromatic nitrogens is 2. The van der Waals surface area contributed by atoms with Gasteiger partial charge in [0.05, 0.1) is 13.6 Å². The number of hydrogen-bond donors (Lipinski definition) is 1. The molecule has 4 nitrogen and oxygen atoms in total. The van der Waals surface area contributed by atoms with Crippen LogP contribution in [0.5, 0.6) is 0 Å². The molecule has 1 aromatic rings. The molecule has 0 aliphatic heterocycles. The lowest BCUT2D eigenvalue weighted by atomic mass is 10.1. The third kappa shape index (κ3) is 2.81. The molecule has 15 heavy (non-hydrogen) atoms. The average molecular weight is 210 g/mol. The van der Waals surface area contributed by atoms with Crippen LogP contribution in [0, 0.1) is 0 Å². The molecule has 1 amide bonds. The van der Waals surface area contributed by atoms with E-state index < -0.39 is 0 Å². The minimum atomic E-state index is -0.201. The quantitative estimate of drug-likeness (QED) is 0.722. The van der Waals surface area contributed by atoms with Crippen LogP contribution in [-0.2, 0) is 13.6 Å². The van der Waals surface area contributed by atoms with Crippen molar-refractivity contribution in [2.45, 2.75) is 39.8 Å². The van der Waals surface area contributed by atoms with E-state index in [0.29, 0.717) is 5.82 Å². The molecule has 0 aliphatic rings. The maximum Gasteiger partial charge on any atom is 0.347 e. The van der Waals surface area contributed by atoms with Crippen LogP contribution >= 0.6 is 0 Å². The molecule has 0 unspecified atom stereocenters. The van der Waals surface area contributed by atoms with Crippen molar-refractivity contribution < 1.29 is 9.36 Å². The molecule has 1 heterocycles. The maximum absolute atomic E-state index is 12.0. The summed E-state index contributed by atoms with van der Waals surface area (Å²) in [6.07, 6.45) is 3.80. The van der Waals surface area contributed by atoms with Crippen molar-refractivity contribution in [3.8, 4) is 0 Å². The predicted octanol–water partition coefficient (Wildman–Crippen LogP) is 0.861. The molecular formula is C11H20N3O+. The molecule has 1 rings (SSSR count). The first-order valence-electron chi connectivity index (χ1n) is 5.22. The van der Waals surface area contributed by atoms with Crippen molar-refractivity contribution in [1.82, 2.24) is 9.88 Å². The molecule has 0 fully saturated rings. The predicted molar refractivity (Wildman–Crippen MR) is 58.5 cm³/mol. The summed E-state index contributed by atoms with van der Waals surface area (Å²) in [5.74, 6) is 0.657. The van der Waals surface area contributed by atoms with E-state index >= 15 is 0 Å². The summed E-state index contributed by atoms with van der Waals surface area (Å²) < 4.78 is 3.77. The number of hydrogen-bond acceptors (Lipinski definition) is 1. The van der Waals surface area contributed by atoms with Crippen molar-refractivity contribution >= 4 is 5.91 Å². The average Bonchev–Trinajstić information content (AvgIpc) is 2.43. The molecule has 0 aliphatic carbocycles. The SMILES string of the molecule is CCn1cc[n+](C)c1C(=O)NC(C)(C)C. The zero-order chi connectivity index (χ0) is 11.6. The summed E-state index contributed by atoms with van der Waals surface area (Å²) in [6, 6.07) is 0. The lowest BCUT2D eigenvalue weighted by molar-refractivity contribution is -0.673. The number of nitrogens with zero attached hydrogens (tertiary/aromatic N) is 2. The summed E-state index contributed by atoms with van der Waals surface area (Å²) >= 11 is 0. The molecule has 0 spiro atoms. The smallest absolute Gasteiger partial charge is 0.341 e. The molecule has 4 heteroatoms. The summed E-state index contributed by atoms with van der Waals surface area (Å²) in [4.78, 5) is 12.0. The second-order valence-corrected chi connectivity index (χ2v) is 4.72. The third-order valence-electron chi connectivity index (χ3n) is 2.11. The highest BCUT2D eigenvalue weighted by Crippen LogP contribution is 2.02. The van der Waals surface area contributed by atoms with Gasteiger partial charge in [-0.1, -0.05) is 0 Å². The second kappa shape index (κ2) is 4.04. The Bertz CT molecular complexity index is 360. The highest BCUT2D eigenvalue weighted by atomic mass is 16.2. The zero-order valence-electron chi connectivity index (χ0n) is 10.2. The molecule has 1 aromatic heterocycles. The number of amides is 1. The standard InChI is InChI=1S/C11H19N3O/c1-6-14-8-7-13(5)10(14)9(15)12-11(2,3)4/h7-8H,6H2,1-5H3/p+1. The van der Waals surface area contributed by atoms with Crippen LogP contribution in [0.25, 0.3) is 0 Å². The van der Waals surface area contributed by atoms with Crippen LogP contribution in [0.15, 0.2) is 12.4 Å². The first-order valence-corrected chi connectivity index (χ1v) is 5.22. The molecule has 0 bridgehead atoms. The number of imidazole rings is 1. The normalized spacial score (nSPS) is 11.5. The van der Waals surface area contributed by atoms with Crippen molar-refractivity contribution in [3.05, 3.63) is 18.2 Å². The van der Waals surface area contributed by atoms with Gasteiger partial charge in [-0.3, -0.25) is 4.79 Å². The summed E-state index contributed by atoms with van der Waals surface area (Å²) in [7, 11) is 1.88. The van der Waals surface area contributed by atoms with E-state index in [0.717, 1.165) is 6.54 Å². The first-order chi connectivity index (χ1) is 6.85. The van der Waals surface area contributed by atoms with Crippen molar-refractivity contribution in [2.75, 3.05) is 0 Å². The van der Waals surface area contributed by atoms with E-state index in [9.17, 15) is 4.79 Å². The van der Waals surface area contributed by atoms with Gasteiger partial charge in [-0.15, -0.1) is 0 Å². The number of rotatable bonds is 2. The van der Waals surface area contributed by atoms with Crippen molar-refractivity contribution in [1.29, 1.82) is 0 Å². The topological polar surface area (TPSA) is 37.9 Å². The molecule has 0 atom stereocenters. The van der Waals surface area contributed by atoms with Gasteiger partial charge in [0.15, 0.2) is 0 Å². The van der Waals surface area contributed by atoms with Gasteiger partial charge in [0.1, 0.15) is 12.4 Å². The Hall–Kier alpha value is -1.32. The van der Waals surface area contributed by atoms with Crippen LogP contribution in [0.1, 0.15) is 38.3 Å². The van der Waals surface area contributed by atoms with Gasteiger partial charge in [-0.2, -0.15) is 0 Å². The van der Waals surface area contributed by atoms with Gasteiger partial charge < -0.3 is 5.32 Å². The number of nitrogens with one attached hydrogen (secondary N) is 1. The number of carbonyl (C=O) groups is 1. The van der Waals surface area contributed by atoms with E-state index in [-0.39, 0.29) is 11.4 Å². The van der Waals surface area contributed by atoms with Crippen LogP contribution in [0.3, 0.4) is 0 Å². The van der Waals surface area contributed by atoms with Gasteiger partial charge in [0, 0.05) is 5.54 Å². The van der Waals surface area contributed by atoms with E-state index in [1.54, 1.807) is 0 Å². The fourth-order valence-corrected chi connectivity index (χ4v) is 1.47. The lowest BCUT2D eigenvalue weighted by Crippen LogP contribution is -2.47. The first kappa shape index (κ1) is 11.8. The lowest BCUT2D eigenvalue weighted by Gasteiger charge is -2.19. The van der Waals surface area contributed by atoms with Crippen LogP contribution in [-0.4, -0.2) is 16.0 Å². The van der Waals surface area contributed by atoms with Crippen molar-refractivity contribution in [3.63, 3.8) is 0 Å². The summed E-state index contributed by atoms with van der Waals surface area (Å²) in [5.41, 5.74) is -0.201. The van der Waals surface area contributed by atoms with Gasteiger partial charge in [-0.05, 0) is 27.7 Å². The Morgan fingerprint density at radius 2 is 2.13 bits per heavy atom. The van der Waals surface area contributed by atoms with Gasteiger partial charge in [0.25, 0.3) is 0 Å². The molecule has 0 saturated heterocycles. The minimum Gasteiger partial charge on any atom is -0.341 e. The minimum absolute atomic E-state index is 0.0307. The Labute approximate surface area is 90.9 Å². The van der Waals surface area contributed by atoms with E-state index in [2.05, 4.69) is 5.32 Å². The Morgan fingerprint density at radius 1 is 1.53 bits per heavy atom. The van der Waals surface area contributed by atoms with Gasteiger partial charge >= 0.3 is 11.7 Å². The molecule has 0 radical (unpaired) electrons. The van der Waals surface area contributed by atoms with Gasteiger partial charge in [0.2, 0.25) is 0 Å². The largest absolute Gasteiger partial charge is 0.347 e. The second-order valence-electron chi connectivity index (χ2n) is 4.72. The van der Waals surface area contributed by atoms with E-state index in [4.69, 9.17) is 0 Å². The third-order valence-corrected chi connectivity index (χ3v) is 2.11. The van der Waals surface area contributed by atoms with Gasteiger partial charge in [-0.25, -0.2) is 9.13 Å². The Morgan fingerprint density at radius 3 is 2.60 bits per heavy atom. The van der Waals surface area contributed by atoms with E-state index in [1.165, 1.54) is 0 Å². The van der Waals surface area contributed by atoms with Crippen LogP contribution < -0.4 is 9.88 Å². The highest BCUT2D eigenvalue weighted by Gasteiger charge is 2.25. The fourth-order valence-electron chi connectivity index (χ4n) is 1.47. The van der Waals surface area contributed by atoms with Crippen molar-refractivity contribution in [2.24, 2.45) is 7.05 Å². The monoisotopic (exact) mass is 210 g/mol. The number of aryl methyl sites for hydroxylation is 2. The van der Waals surface area contributed by atoms with Crippen LogP contribution in [0.4, 0.5) is 0 Å². The Balaban J connectivity index is 2.95. The highest BCUT2D eigenvalue weighted by molar-refractivity contribution is 5.89. The summed E-state index contributed by atoms with van der Waals surface area (Å²) in [6.45, 7) is 8.75. The fraction of sp³-hybridized carbons (Fsp3) is 0.636. The van der Waals surface area contributed by atoms with Crippen LogP contribution in [0.2, 0.25) is 0 Å². The molecule has 0 aromatic carbocycles. The zero-order valence-corrected chi connectivity index (χ0v) is 10.2. The molecule has 1 N–H and O–H groups in total. The molecular weight excluding hydrogens is 190 g/mol. The number of carbonyl (C=O) groups excluding carboxylic acids is 1.